The summed E-state index contributed by atoms with van der Waals surface area (Å²) in [5.41, 5.74) is 3.07. The van der Waals surface area contributed by atoms with Gasteiger partial charge in [0.15, 0.2) is 0 Å². The Morgan fingerprint density at radius 2 is 1.78 bits per heavy atom. The van der Waals surface area contributed by atoms with Crippen LogP contribution in [0.1, 0.15) is 41.8 Å². The van der Waals surface area contributed by atoms with Crippen molar-refractivity contribution >= 4 is 30.7 Å². The van der Waals surface area contributed by atoms with E-state index >= 15 is 0 Å². The molecule has 0 aromatic heterocycles. The molecule has 0 saturated carbocycles. The standard InChI is InChI=1S/C30H40FN3O5.2ClH/c1-20(35)14-32-12-10-28(27(31)19-32)39-25-7-8-26-29(13-25)38-21(2)15-34(30(26)37)18-24(36)17-33-11-9-22-5-3-4-6-23(22)16-33;;/h3-8,13,20-21,24,27-28,35-36H,9-12,14-19H2,1-2H3;2*1H/t20?,21?,24?,27-,28-;;/m1../s1. The molecular weight excluding hydrogens is 572 g/mol. The van der Waals surface area contributed by atoms with Crippen molar-refractivity contribution in [3.05, 3.63) is 59.2 Å². The summed E-state index contributed by atoms with van der Waals surface area (Å²) < 4.78 is 26.9. The summed E-state index contributed by atoms with van der Waals surface area (Å²) in [5.74, 6) is 0.680. The molecule has 0 radical (unpaired) electrons. The number of nitrogens with zero attached hydrogens (tertiary/aromatic N) is 3. The van der Waals surface area contributed by atoms with E-state index in [4.69, 9.17) is 9.47 Å². The fourth-order valence-corrected chi connectivity index (χ4v) is 5.94. The van der Waals surface area contributed by atoms with E-state index in [0.29, 0.717) is 49.7 Å². The summed E-state index contributed by atoms with van der Waals surface area (Å²) in [4.78, 5) is 19.2. The van der Waals surface area contributed by atoms with Crippen LogP contribution in [-0.4, -0.2) is 107 Å². The van der Waals surface area contributed by atoms with E-state index in [1.54, 1.807) is 30.0 Å². The number of β-amino-alcohol motifs (C(OH)–C–C–N with tert-alkyl or cyclic N) is 2. The molecule has 8 nitrogen and oxygen atoms in total. The Morgan fingerprint density at radius 1 is 1.02 bits per heavy atom. The molecule has 5 atom stereocenters. The number of ether oxygens (including phenoxy) is 2. The van der Waals surface area contributed by atoms with Gasteiger partial charge in [-0.05, 0) is 49.9 Å². The fourth-order valence-electron chi connectivity index (χ4n) is 5.94. The van der Waals surface area contributed by atoms with Crippen molar-refractivity contribution in [2.45, 2.75) is 63.8 Å². The van der Waals surface area contributed by atoms with Crippen molar-refractivity contribution in [2.24, 2.45) is 0 Å². The average Bonchev–Trinajstić information content (AvgIpc) is 3.00. The molecular formula is C30H42Cl2FN3O5. The van der Waals surface area contributed by atoms with Crippen molar-refractivity contribution in [2.75, 3.05) is 45.8 Å². The van der Waals surface area contributed by atoms with Crippen LogP contribution in [0.3, 0.4) is 0 Å². The molecule has 1 fully saturated rings. The molecule has 1 amide bonds. The number of likely N-dealkylation sites (tertiary alicyclic amines) is 1. The van der Waals surface area contributed by atoms with Crippen molar-refractivity contribution in [3.63, 3.8) is 0 Å². The quantitative estimate of drug-likeness (QED) is 0.472. The predicted molar refractivity (Wildman–Crippen MR) is 160 cm³/mol. The summed E-state index contributed by atoms with van der Waals surface area (Å²) in [5, 5.41) is 20.5. The molecule has 2 aromatic rings. The lowest BCUT2D eigenvalue weighted by Crippen LogP contribution is -2.48. The SMILES string of the molecule is CC(O)CN1CC[C@@H](Oc2ccc3c(c2)OC(C)CN(CC(O)CN2CCc4ccccc4C2)C3=O)[C@H](F)C1.Cl.Cl. The van der Waals surface area contributed by atoms with E-state index in [2.05, 4.69) is 23.1 Å². The van der Waals surface area contributed by atoms with E-state index in [9.17, 15) is 19.4 Å². The third-order valence-electron chi connectivity index (χ3n) is 7.76. The number of carbonyl (C=O) groups excluding carboxylic acids is 1. The zero-order chi connectivity index (χ0) is 27.5. The summed E-state index contributed by atoms with van der Waals surface area (Å²) >= 11 is 0. The monoisotopic (exact) mass is 613 g/mol. The molecule has 41 heavy (non-hydrogen) atoms. The maximum Gasteiger partial charge on any atom is 0.257 e. The highest BCUT2D eigenvalue weighted by molar-refractivity contribution is 5.97. The zero-order valence-corrected chi connectivity index (χ0v) is 25.3. The molecule has 2 N–H and O–H groups in total. The highest BCUT2D eigenvalue weighted by Crippen LogP contribution is 2.31. The van der Waals surface area contributed by atoms with Gasteiger partial charge in [0.2, 0.25) is 0 Å². The molecule has 2 aromatic carbocycles. The average molecular weight is 615 g/mol. The number of rotatable bonds is 8. The molecule has 0 aliphatic carbocycles. The molecule has 3 aliphatic rings. The van der Waals surface area contributed by atoms with E-state index in [1.165, 1.54) is 11.1 Å². The lowest BCUT2D eigenvalue weighted by atomic mass is 10.00. The minimum Gasteiger partial charge on any atom is -0.488 e. The van der Waals surface area contributed by atoms with E-state index < -0.39 is 24.5 Å². The molecule has 3 aliphatic heterocycles. The lowest BCUT2D eigenvalue weighted by Gasteiger charge is -2.35. The van der Waals surface area contributed by atoms with Gasteiger partial charge in [-0.1, -0.05) is 24.3 Å². The van der Waals surface area contributed by atoms with Crippen LogP contribution >= 0.6 is 24.8 Å². The molecule has 228 valence electrons. The highest BCUT2D eigenvalue weighted by atomic mass is 35.5. The van der Waals surface area contributed by atoms with Gasteiger partial charge in [-0.2, -0.15) is 0 Å². The van der Waals surface area contributed by atoms with Crippen LogP contribution in [0.25, 0.3) is 0 Å². The number of benzene rings is 2. The van der Waals surface area contributed by atoms with Gasteiger partial charge in [0.1, 0.15) is 29.9 Å². The van der Waals surface area contributed by atoms with Crippen LogP contribution in [0.2, 0.25) is 0 Å². The van der Waals surface area contributed by atoms with Crippen LogP contribution in [0.15, 0.2) is 42.5 Å². The Morgan fingerprint density at radius 3 is 2.51 bits per heavy atom. The third kappa shape index (κ3) is 8.46. The molecule has 0 spiro atoms. The van der Waals surface area contributed by atoms with Crippen LogP contribution in [0.5, 0.6) is 11.5 Å². The van der Waals surface area contributed by atoms with E-state index in [1.807, 2.05) is 17.9 Å². The number of aliphatic hydroxyl groups is 2. The zero-order valence-electron chi connectivity index (χ0n) is 23.7. The van der Waals surface area contributed by atoms with Gasteiger partial charge in [0, 0.05) is 51.9 Å². The second-order valence-electron chi connectivity index (χ2n) is 11.3. The number of carbonyl (C=O) groups is 1. The smallest absolute Gasteiger partial charge is 0.257 e. The summed E-state index contributed by atoms with van der Waals surface area (Å²) in [6, 6.07) is 13.4. The minimum atomic E-state index is -1.18. The summed E-state index contributed by atoms with van der Waals surface area (Å²) in [6.45, 7) is 7.65. The number of amides is 1. The Kier molecular flexibility index (Phi) is 12.1. The van der Waals surface area contributed by atoms with Crippen LogP contribution in [0, 0.1) is 0 Å². The first-order chi connectivity index (χ1) is 18.7. The van der Waals surface area contributed by atoms with Gasteiger partial charge in [0.05, 0.1) is 24.3 Å². The van der Waals surface area contributed by atoms with Gasteiger partial charge in [0.25, 0.3) is 5.91 Å². The third-order valence-corrected chi connectivity index (χ3v) is 7.76. The Labute approximate surface area is 254 Å². The predicted octanol–water partition coefficient (Wildman–Crippen LogP) is 3.34. The maximum atomic E-state index is 14.8. The molecule has 1 saturated heterocycles. The summed E-state index contributed by atoms with van der Waals surface area (Å²) in [6.07, 6.45) is -1.77. The first-order valence-electron chi connectivity index (χ1n) is 14.0. The Hall–Kier alpha value is -2.14. The number of hydrogen-bond donors (Lipinski definition) is 2. The topological polar surface area (TPSA) is 85.7 Å². The van der Waals surface area contributed by atoms with Gasteiger partial charge in [-0.3, -0.25) is 14.6 Å². The molecule has 0 bridgehead atoms. The Bertz CT molecular complexity index is 1160. The molecule has 11 heteroatoms. The van der Waals surface area contributed by atoms with E-state index in [-0.39, 0.29) is 49.9 Å². The van der Waals surface area contributed by atoms with Crippen molar-refractivity contribution in [1.29, 1.82) is 0 Å². The van der Waals surface area contributed by atoms with Gasteiger partial charge in [-0.25, -0.2) is 4.39 Å². The van der Waals surface area contributed by atoms with Crippen molar-refractivity contribution in [1.82, 2.24) is 14.7 Å². The molecule has 3 heterocycles. The first kappa shape index (κ1) is 33.4. The molecule has 3 unspecified atom stereocenters. The first-order valence-corrected chi connectivity index (χ1v) is 14.0. The second-order valence-corrected chi connectivity index (χ2v) is 11.3. The number of alkyl halides is 1. The lowest BCUT2D eigenvalue weighted by molar-refractivity contribution is 0.00720. The van der Waals surface area contributed by atoms with Crippen molar-refractivity contribution < 1.29 is 28.9 Å². The summed E-state index contributed by atoms with van der Waals surface area (Å²) in [7, 11) is 0. The fraction of sp³-hybridized carbons (Fsp3) is 0.567. The number of halogens is 3. The van der Waals surface area contributed by atoms with E-state index in [0.717, 1.165) is 19.5 Å². The number of aliphatic hydroxyl groups excluding tert-OH is 2. The normalized spacial score (nSPS) is 24.5. The maximum absolute atomic E-state index is 14.8. The van der Waals surface area contributed by atoms with Gasteiger partial charge < -0.3 is 24.6 Å². The molecule has 5 rings (SSSR count). The van der Waals surface area contributed by atoms with Crippen molar-refractivity contribution in [3.8, 4) is 11.5 Å². The number of piperidine rings is 1. The number of hydrogen-bond acceptors (Lipinski definition) is 7. The van der Waals surface area contributed by atoms with Crippen LogP contribution in [-0.2, 0) is 13.0 Å². The second kappa shape index (κ2) is 14.8. The van der Waals surface area contributed by atoms with Crippen LogP contribution < -0.4 is 9.47 Å². The Balaban J connectivity index is 0.00000231. The highest BCUT2D eigenvalue weighted by Gasteiger charge is 2.33. The van der Waals surface area contributed by atoms with Crippen LogP contribution in [0.4, 0.5) is 4.39 Å². The largest absolute Gasteiger partial charge is 0.488 e. The number of fused-ring (bicyclic) bond motifs is 2. The van der Waals surface area contributed by atoms with Gasteiger partial charge in [-0.15, -0.1) is 24.8 Å². The van der Waals surface area contributed by atoms with Gasteiger partial charge >= 0.3 is 0 Å². The minimum absolute atomic E-state index is 0.